The Morgan fingerprint density at radius 1 is 1.89 bits per heavy atom. The summed E-state index contributed by atoms with van der Waals surface area (Å²) in [6.07, 6.45) is 0.339. The maximum Gasteiger partial charge on any atom is 0.219 e. The van der Waals surface area contributed by atoms with Crippen LogP contribution in [0.25, 0.3) is 0 Å². The van der Waals surface area contributed by atoms with Gasteiger partial charge in [-0.1, -0.05) is 0 Å². The van der Waals surface area contributed by atoms with E-state index in [4.69, 9.17) is 10.8 Å². The third kappa shape index (κ3) is 3.65. The van der Waals surface area contributed by atoms with Crippen molar-refractivity contribution in [1.82, 2.24) is 0 Å². The molecule has 56 valence electrons. The van der Waals surface area contributed by atoms with Gasteiger partial charge in [-0.05, 0) is 13.0 Å². The van der Waals surface area contributed by atoms with E-state index in [2.05, 4.69) is 4.52 Å². The Kier molecular flexibility index (Phi) is 5.00. The first-order chi connectivity index (χ1) is 4.22. The van der Waals surface area contributed by atoms with E-state index in [9.17, 15) is 4.57 Å². The molecule has 0 saturated carbocycles. The van der Waals surface area contributed by atoms with Crippen LogP contribution < -0.4 is 5.73 Å². The molecular weight excluding hydrogens is 141 g/mol. The minimum Gasteiger partial charge on any atom is -0.383 e. The van der Waals surface area contributed by atoms with Crippen LogP contribution in [0.15, 0.2) is 0 Å². The summed E-state index contributed by atoms with van der Waals surface area (Å²) >= 11 is 0. The highest BCUT2D eigenvalue weighted by Crippen LogP contribution is 2.27. The molecule has 0 fully saturated rings. The van der Waals surface area contributed by atoms with E-state index < -0.39 is 13.9 Å². The van der Waals surface area contributed by atoms with Crippen molar-refractivity contribution in [2.75, 3.05) is 13.7 Å². The number of hydrogen-bond donors (Lipinski definition) is 2. The summed E-state index contributed by atoms with van der Waals surface area (Å²) in [6, 6.07) is 0. The second-order valence-corrected chi connectivity index (χ2v) is 3.33. The number of hydrogen-bond acceptors (Lipinski definition) is 4. The SMILES string of the molecule is CO[PH](=O)C(O)CCN. The highest BCUT2D eigenvalue weighted by Gasteiger charge is 2.09. The third-order valence-electron chi connectivity index (χ3n) is 0.913. The van der Waals surface area contributed by atoms with Gasteiger partial charge in [0.25, 0.3) is 0 Å². The van der Waals surface area contributed by atoms with Crippen molar-refractivity contribution >= 4 is 8.03 Å². The highest BCUT2D eigenvalue weighted by molar-refractivity contribution is 7.39. The van der Waals surface area contributed by atoms with E-state index in [1.807, 2.05) is 0 Å². The second-order valence-electron chi connectivity index (χ2n) is 1.62. The van der Waals surface area contributed by atoms with Crippen molar-refractivity contribution in [1.29, 1.82) is 0 Å². The van der Waals surface area contributed by atoms with E-state index in [-0.39, 0.29) is 0 Å². The smallest absolute Gasteiger partial charge is 0.219 e. The van der Waals surface area contributed by atoms with Crippen molar-refractivity contribution in [3.63, 3.8) is 0 Å². The summed E-state index contributed by atoms with van der Waals surface area (Å²) in [5.41, 5.74) is 5.08. The molecule has 0 bridgehead atoms. The fourth-order valence-corrected chi connectivity index (χ4v) is 1.09. The zero-order chi connectivity index (χ0) is 7.28. The predicted octanol–water partition coefficient (Wildman–Crippen LogP) is -0.225. The van der Waals surface area contributed by atoms with E-state index >= 15 is 0 Å². The standard InChI is InChI=1S/C4H12NO3P/c1-8-9(7)4(6)2-3-5/h4,6,9H,2-3,5H2,1H3. The summed E-state index contributed by atoms with van der Waals surface area (Å²) in [7, 11) is -0.937. The molecule has 0 amide bonds. The van der Waals surface area contributed by atoms with Gasteiger partial charge in [-0.2, -0.15) is 0 Å². The lowest BCUT2D eigenvalue weighted by Gasteiger charge is -2.05. The Labute approximate surface area is 54.9 Å². The largest absolute Gasteiger partial charge is 0.383 e. The molecule has 5 heteroatoms. The first kappa shape index (κ1) is 9.11. The molecule has 0 heterocycles. The second kappa shape index (κ2) is 4.94. The molecule has 0 aromatic carbocycles. The molecule has 9 heavy (non-hydrogen) atoms. The molecule has 0 spiro atoms. The predicted molar refractivity (Wildman–Crippen MR) is 35.7 cm³/mol. The van der Waals surface area contributed by atoms with Crippen LogP contribution in [-0.2, 0) is 9.09 Å². The van der Waals surface area contributed by atoms with Crippen LogP contribution in [0.1, 0.15) is 6.42 Å². The van der Waals surface area contributed by atoms with Gasteiger partial charge in [-0.3, -0.25) is 4.57 Å². The minimum absolute atomic E-state index is 0.334. The summed E-state index contributed by atoms with van der Waals surface area (Å²) in [5, 5.41) is 8.85. The Morgan fingerprint density at radius 2 is 2.44 bits per heavy atom. The van der Waals surface area contributed by atoms with Gasteiger partial charge in [0.2, 0.25) is 8.03 Å². The van der Waals surface area contributed by atoms with Crippen molar-refractivity contribution in [2.24, 2.45) is 5.73 Å². The van der Waals surface area contributed by atoms with Crippen LogP contribution >= 0.6 is 8.03 Å². The van der Waals surface area contributed by atoms with Crippen molar-refractivity contribution in [3.8, 4) is 0 Å². The van der Waals surface area contributed by atoms with Gasteiger partial charge in [0.1, 0.15) is 5.85 Å². The number of nitrogens with two attached hydrogens (primary N) is 1. The van der Waals surface area contributed by atoms with E-state index in [1.165, 1.54) is 7.11 Å². The first-order valence-electron chi connectivity index (χ1n) is 2.68. The van der Waals surface area contributed by atoms with Gasteiger partial charge in [0, 0.05) is 7.11 Å². The van der Waals surface area contributed by atoms with Gasteiger partial charge < -0.3 is 15.4 Å². The third-order valence-corrected chi connectivity index (χ3v) is 2.15. The lowest BCUT2D eigenvalue weighted by Crippen LogP contribution is -2.09. The van der Waals surface area contributed by atoms with Crippen LogP contribution in [0, 0.1) is 0 Å². The molecule has 0 aromatic heterocycles. The first-order valence-corrected chi connectivity index (χ1v) is 4.07. The Hall–Kier alpha value is 0.110. The van der Waals surface area contributed by atoms with Gasteiger partial charge in [-0.25, -0.2) is 0 Å². The van der Waals surface area contributed by atoms with Crippen LogP contribution in [0.2, 0.25) is 0 Å². The molecule has 0 rings (SSSR count). The molecule has 0 saturated heterocycles. The van der Waals surface area contributed by atoms with E-state index in [0.29, 0.717) is 13.0 Å². The molecule has 3 N–H and O–H groups in total. The number of rotatable bonds is 4. The van der Waals surface area contributed by atoms with Crippen LogP contribution in [0.5, 0.6) is 0 Å². The molecule has 2 unspecified atom stereocenters. The molecule has 0 aliphatic carbocycles. The Bertz CT molecular complexity index is 97.8. The lowest BCUT2D eigenvalue weighted by atomic mass is 10.5. The maximum atomic E-state index is 10.6. The number of aliphatic hydroxyl groups excluding tert-OH is 1. The van der Waals surface area contributed by atoms with Crippen molar-refractivity contribution in [3.05, 3.63) is 0 Å². The Morgan fingerprint density at radius 3 is 2.78 bits per heavy atom. The van der Waals surface area contributed by atoms with Gasteiger partial charge >= 0.3 is 0 Å². The van der Waals surface area contributed by atoms with Gasteiger partial charge in [0.15, 0.2) is 0 Å². The normalized spacial score (nSPS) is 17.2. The fourth-order valence-electron chi connectivity index (χ4n) is 0.412. The lowest BCUT2D eigenvalue weighted by molar-refractivity contribution is 0.223. The molecule has 0 aliphatic rings. The van der Waals surface area contributed by atoms with Crippen molar-refractivity contribution < 1.29 is 14.2 Å². The van der Waals surface area contributed by atoms with E-state index in [0.717, 1.165) is 0 Å². The maximum absolute atomic E-state index is 10.6. The van der Waals surface area contributed by atoms with Crippen LogP contribution in [0.3, 0.4) is 0 Å². The average Bonchev–Trinajstić information content (AvgIpc) is 1.87. The zero-order valence-electron chi connectivity index (χ0n) is 5.33. The van der Waals surface area contributed by atoms with E-state index in [1.54, 1.807) is 0 Å². The zero-order valence-corrected chi connectivity index (χ0v) is 6.33. The highest BCUT2D eigenvalue weighted by atomic mass is 31.1. The quantitative estimate of drug-likeness (QED) is 0.547. The summed E-state index contributed by atoms with van der Waals surface area (Å²) in [4.78, 5) is 0. The molecule has 0 aromatic rings. The molecule has 0 radical (unpaired) electrons. The molecular formula is C4H12NO3P. The minimum atomic E-state index is -2.24. The van der Waals surface area contributed by atoms with Gasteiger partial charge in [-0.15, -0.1) is 0 Å². The summed E-state index contributed by atoms with van der Waals surface area (Å²) in [6.45, 7) is 0.334. The Balaban J connectivity index is 3.45. The van der Waals surface area contributed by atoms with Crippen LogP contribution in [0.4, 0.5) is 0 Å². The molecule has 2 atom stereocenters. The topological polar surface area (TPSA) is 72.5 Å². The number of aliphatic hydroxyl groups is 1. The molecule has 0 aliphatic heterocycles. The fraction of sp³-hybridized carbons (Fsp3) is 1.00. The average molecular weight is 153 g/mol. The van der Waals surface area contributed by atoms with Crippen LogP contribution in [-0.4, -0.2) is 24.6 Å². The van der Waals surface area contributed by atoms with Gasteiger partial charge in [0.05, 0.1) is 0 Å². The monoisotopic (exact) mass is 153 g/mol. The summed E-state index contributed by atoms with van der Waals surface area (Å²) in [5.74, 6) is -0.870. The molecule has 4 nitrogen and oxygen atoms in total. The van der Waals surface area contributed by atoms with Crippen molar-refractivity contribution in [2.45, 2.75) is 12.3 Å². The summed E-state index contributed by atoms with van der Waals surface area (Å²) < 4.78 is 15.0.